The molecule has 0 saturated carbocycles. The minimum atomic E-state index is -4.06. The van der Waals surface area contributed by atoms with Gasteiger partial charge in [0.1, 0.15) is 0 Å². The van der Waals surface area contributed by atoms with Crippen LogP contribution in [-0.2, 0) is 33.6 Å². The summed E-state index contributed by atoms with van der Waals surface area (Å²) in [4.78, 5) is 0.106. The van der Waals surface area contributed by atoms with Gasteiger partial charge in [-0.2, -0.15) is 8.42 Å². The van der Waals surface area contributed by atoms with E-state index in [9.17, 15) is 23.7 Å². The highest BCUT2D eigenvalue weighted by Crippen LogP contribution is 2.29. The molecule has 0 bridgehead atoms. The van der Waals surface area contributed by atoms with Crippen LogP contribution in [0.2, 0.25) is 0 Å². The Balaban J connectivity index is 0.0000116. The maximum atomic E-state index is 13.0. The molecular weight excluding hydrogens is 466 g/mol. The second-order valence-electron chi connectivity index (χ2n) is 9.81. The van der Waals surface area contributed by atoms with Crippen molar-refractivity contribution in [3.05, 3.63) is 28.8 Å². The summed E-state index contributed by atoms with van der Waals surface area (Å²) in [5.41, 5.74) is 2.31. The van der Waals surface area contributed by atoms with Gasteiger partial charge in [-0.1, -0.05) is 70.8 Å². The topological polar surface area (TPSA) is 139 Å². The van der Waals surface area contributed by atoms with Gasteiger partial charge in [0.25, 0.3) is 10.1 Å². The van der Waals surface area contributed by atoms with E-state index in [0.717, 1.165) is 30.4 Å². The van der Waals surface area contributed by atoms with Crippen LogP contribution in [0, 0.1) is 0 Å². The highest BCUT2D eigenvalue weighted by Gasteiger charge is 2.25. The van der Waals surface area contributed by atoms with Crippen LogP contribution >= 0.6 is 0 Å². The lowest BCUT2D eigenvalue weighted by Crippen LogP contribution is -2.20. The molecule has 0 aliphatic rings. The molecule has 7 nitrogen and oxygen atoms in total. The van der Waals surface area contributed by atoms with Gasteiger partial charge in [-0.25, -0.2) is 0 Å². The monoisotopic (exact) mass is 517 g/mol. The van der Waals surface area contributed by atoms with E-state index in [-0.39, 0.29) is 17.7 Å². The van der Waals surface area contributed by atoms with E-state index >= 15 is 0 Å². The van der Waals surface area contributed by atoms with Crippen molar-refractivity contribution in [1.82, 2.24) is 6.15 Å². The molecule has 1 aromatic carbocycles. The average molecular weight is 518 g/mol. The molecule has 0 fully saturated rings. The minimum Gasteiger partial charge on any atom is -0.393 e. The van der Waals surface area contributed by atoms with Crippen LogP contribution in [0.1, 0.15) is 109 Å². The highest BCUT2D eigenvalue weighted by atomic mass is 32.2. The van der Waals surface area contributed by atoms with E-state index in [1.54, 1.807) is 26.0 Å². The molecule has 0 aromatic heterocycles. The molecule has 0 radical (unpaired) electrons. The average Bonchev–Trinajstić information content (AvgIpc) is 2.74. The van der Waals surface area contributed by atoms with Gasteiger partial charge in [-0.3, -0.25) is 4.18 Å². The molecule has 3 unspecified atom stereocenters. The smallest absolute Gasteiger partial charge is 0.297 e. The van der Waals surface area contributed by atoms with E-state index in [0.29, 0.717) is 24.8 Å². The molecule has 0 aliphatic carbocycles. The molecule has 206 valence electrons. The summed E-state index contributed by atoms with van der Waals surface area (Å²) in [5, 5.41) is 29.6. The molecule has 0 amide bonds. The van der Waals surface area contributed by atoms with Crippen LogP contribution < -0.4 is 6.15 Å². The summed E-state index contributed by atoms with van der Waals surface area (Å²) in [6.45, 7) is 6.78. The summed E-state index contributed by atoms with van der Waals surface area (Å²) in [6.07, 6.45) is 11.1. The molecule has 0 saturated heterocycles. The van der Waals surface area contributed by atoms with E-state index in [4.69, 9.17) is 4.18 Å². The number of aliphatic hydroxyl groups excluding tert-OH is 3. The van der Waals surface area contributed by atoms with E-state index in [1.807, 2.05) is 0 Å². The SMILES string of the molecule is CCCCCCCCCCCCc1c(S(=O)(=O)OCC(C)O)ccc(CC(C)O)c1CC(C)O.N. The summed E-state index contributed by atoms with van der Waals surface area (Å²) >= 11 is 0. The standard InChI is InChI=1S/C27H48O6S.H3N/c1-5-6-7-8-9-10-11-12-13-14-15-25-26(19-22(3)29)24(18-21(2)28)16-17-27(25)34(31,32)33-20-23(4)30;/h16-17,21-23,28-30H,5-15,18-20H2,1-4H3;1H3. The van der Waals surface area contributed by atoms with Crippen LogP contribution in [0.4, 0.5) is 0 Å². The van der Waals surface area contributed by atoms with Crippen molar-refractivity contribution in [2.75, 3.05) is 6.61 Å². The second kappa shape index (κ2) is 18.3. The lowest BCUT2D eigenvalue weighted by Gasteiger charge is -2.21. The Hall–Kier alpha value is -1.03. The van der Waals surface area contributed by atoms with Crippen molar-refractivity contribution < 1.29 is 27.9 Å². The van der Waals surface area contributed by atoms with Gasteiger partial charge in [0, 0.05) is 0 Å². The van der Waals surface area contributed by atoms with E-state index in [2.05, 4.69) is 6.92 Å². The Labute approximate surface area is 214 Å². The molecule has 6 N–H and O–H groups in total. The first-order valence-corrected chi connectivity index (χ1v) is 14.6. The summed E-state index contributed by atoms with van der Waals surface area (Å²) in [5.74, 6) is 0. The lowest BCUT2D eigenvalue weighted by atomic mass is 9.90. The quantitative estimate of drug-likeness (QED) is 0.145. The van der Waals surface area contributed by atoms with Crippen LogP contribution in [0.15, 0.2) is 17.0 Å². The van der Waals surface area contributed by atoms with Crippen molar-refractivity contribution >= 4 is 10.1 Å². The Morgan fingerprint density at radius 2 is 1.26 bits per heavy atom. The van der Waals surface area contributed by atoms with Crippen molar-refractivity contribution in [1.29, 1.82) is 0 Å². The normalized spacial score (nSPS) is 14.4. The summed E-state index contributed by atoms with van der Waals surface area (Å²) in [7, 11) is -4.06. The first-order valence-electron chi connectivity index (χ1n) is 13.2. The second-order valence-corrected chi connectivity index (χ2v) is 11.4. The Bertz CT molecular complexity index is 793. The number of benzene rings is 1. The number of aliphatic hydroxyl groups is 3. The fourth-order valence-electron chi connectivity index (χ4n) is 4.33. The minimum absolute atomic E-state index is 0. The molecule has 3 atom stereocenters. The Morgan fingerprint density at radius 3 is 1.74 bits per heavy atom. The largest absolute Gasteiger partial charge is 0.393 e. The Morgan fingerprint density at radius 1 is 0.743 bits per heavy atom. The fourth-order valence-corrected chi connectivity index (χ4v) is 5.59. The first kappa shape index (κ1) is 34.0. The van der Waals surface area contributed by atoms with Crippen molar-refractivity contribution in [2.24, 2.45) is 0 Å². The molecule has 1 aromatic rings. The maximum absolute atomic E-state index is 13.0. The third-order valence-corrected chi connectivity index (χ3v) is 7.38. The zero-order valence-electron chi connectivity index (χ0n) is 22.5. The molecule has 1 rings (SSSR count). The molecule has 35 heavy (non-hydrogen) atoms. The molecule has 0 heterocycles. The number of rotatable bonds is 19. The molecular formula is C27H51NO6S. The lowest BCUT2D eigenvalue weighted by molar-refractivity contribution is 0.126. The van der Waals surface area contributed by atoms with Gasteiger partial charge in [0.2, 0.25) is 0 Å². The third kappa shape index (κ3) is 13.7. The van der Waals surface area contributed by atoms with Gasteiger partial charge < -0.3 is 21.5 Å². The van der Waals surface area contributed by atoms with Gasteiger partial charge in [-0.15, -0.1) is 0 Å². The number of hydrogen-bond acceptors (Lipinski definition) is 7. The predicted molar refractivity (Wildman–Crippen MR) is 143 cm³/mol. The van der Waals surface area contributed by atoms with Gasteiger partial charge in [0.15, 0.2) is 0 Å². The Kier molecular flexibility index (Phi) is 17.7. The number of unbranched alkanes of at least 4 members (excludes halogenated alkanes) is 9. The highest BCUT2D eigenvalue weighted by molar-refractivity contribution is 7.86. The first-order chi connectivity index (χ1) is 16.1. The van der Waals surface area contributed by atoms with Crippen LogP contribution in [0.3, 0.4) is 0 Å². The van der Waals surface area contributed by atoms with Gasteiger partial charge >= 0.3 is 0 Å². The van der Waals surface area contributed by atoms with Gasteiger partial charge in [0.05, 0.1) is 29.8 Å². The molecule has 8 heteroatoms. The van der Waals surface area contributed by atoms with Crippen LogP contribution in [-0.4, -0.2) is 48.7 Å². The molecule has 0 aliphatic heterocycles. The number of hydrogen-bond donors (Lipinski definition) is 4. The fraction of sp³-hybridized carbons (Fsp3) is 0.778. The summed E-state index contributed by atoms with van der Waals surface area (Å²) in [6, 6.07) is 3.26. The zero-order valence-corrected chi connectivity index (χ0v) is 23.3. The van der Waals surface area contributed by atoms with Crippen molar-refractivity contribution in [3.8, 4) is 0 Å². The molecule has 0 spiro atoms. The van der Waals surface area contributed by atoms with Crippen LogP contribution in [0.5, 0.6) is 0 Å². The summed E-state index contributed by atoms with van der Waals surface area (Å²) < 4.78 is 31.0. The van der Waals surface area contributed by atoms with E-state index < -0.39 is 28.4 Å². The van der Waals surface area contributed by atoms with E-state index in [1.165, 1.54) is 51.9 Å². The van der Waals surface area contributed by atoms with Crippen LogP contribution in [0.25, 0.3) is 0 Å². The maximum Gasteiger partial charge on any atom is 0.297 e. The zero-order chi connectivity index (χ0) is 25.6. The van der Waals surface area contributed by atoms with Crippen molar-refractivity contribution in [2.45, 2.75) is 134 Å². The third-order valence-electron chi connectivity index (χ3n) is 6.01. The van der Waals surface area contributed by atoms with Crippen molar-refractivity contribution in [3.63, 3.8) is 0 Å². The van der Waals surface area contributed by atoms with Gasteiger partial charge in [-0.05, 0) is 69.2 Å². The predicted octanol–water partition coefficient (Wildman–Crippen LogP) is 5.24.